The lowest BCUT2D eigenvalue weighted by Gasteiger charge is -2.32. The van der Waals surface area contributed by atoms with Gasteiger partial charge in [0.25, 0.3) is 11.8 Å². The Morgan fingerprint density at radius 3 is 2.54 bits per heavy atom. The highest BCUT2D eigenvalue weighted by Crippen LogP contribution is 2.36. The van der Waals surface area contributed by atoms with Crippen LogP contribution in [0.2, 0.25) is 0 Å². The number of rotatable bonds is 5. The minimum absolute atomic E-state index is 0.226. The van der Waals surface area contributed by atoms with Gasteiger partial charge in [0.15, 0.2) is 0 Å². The van der Waals surface area contributed by atoms with E-state index < -0.39 is 10.8 Å². The van der Waals surface area contributed by atoms with Crippen LogP contribution < -0.4 is 4.90 Å². The zero-order valence-corrected chi connectivity index (χ0v) is 21.4. The summed E-state index contributed by atoms with van der Waals surface area (Å²) in [4.78, 5) is 43.8. The standard InChI is InChI=1S/C29H28N2O5S/c1-2-36-29(34)22-11-8-16-30(19-22)27(32)21-14-15-26-24(17-21)31(18-20-9-4-3-5-10-20)28(33)23-12-6-7-13-25(23)37(26)35/h3-7,9-10,12-15,17,22H,2,8,11,16,18-19H2,1H3/t22-,37-/m1/s1. The van der Waals surface area contributed by atoms with Crippen LogP contribution in [0.4, 0.5) is 5.69 Å². The number of likely N-dealkylation sites (tertiary alicyclic amines) is 1. The summed E-state index contributed by atoms with van der Waals surface area (Å²) in [6.45, 7) is 3.17. The SMILES string of the molecule is CCOC(=O)[C@@H]1CCCN(C(=O)c2ccc3c(c2)N(Cc2ccccc2)C(=O)c2ccccc2[S@]3=O)C1. The molecule has 3 aromatic carbocycles. The summed E-state index contributed by atoms with van der Waals surface area (Å²) < 4.78 is 18.8. The van der Waals surface area contributed by atoms with Crippen molar-refractivity contribution in [3.63, 3.8) is 0 Å². The maximum Gasteiger partial charge on any atom is 0.310 e. The highest BCUT2D eigenvalue weighted by Gasteiger charge is 2.33. The normalized spacial score (nSPS) is 19.0. The summed E-state index contributed by atoms with van der Waals surface area (Å²) in [6, 6.07) is 21.5. The number of hydrogen-bond acceptors (Lipinski definition) is 5. The average Bonchev–Trinajstić information content (AvgIpc) is 3.02. The predicted octanol–water partition coefficient (Wildman–Crippen LogP) is 4.43. The Labute approximate surface area is 218 Å². The summed E-state index contributed by atoms with van der Waals surface area (Å²) in [5.41, 5.74) is 2.14. The number of esters is 1. The third-order valence-corrected chi connectivity index (χ3v) is 8.27. The maximum absolute atomic E-state index is 13.8. The first-order valence-electron chi connectivity index (χ1n) is 12.4. The number of piperidine rings is 1. The third kappa shape index (κ3) is 4.93. The lowest BCUT2D eigenvalue weighted by atomic mass is 9.97. The van der Waals surface area contributed by atoms with E-state index >= 15 is 0 Å². The number of ether oxygens (including phenoxy) is 1. The Morgan fingerprint density at radius 2 is 1.76 bits per heavy atom. The lowest BCUT2D eigenvalue weighted by molar-refractivity contribution is -0.149. The van der Waals surface area contributed by atoms with Gasteiger partial charge >= 0.3 is 5.97 Å². The number of benzene rings is 3. The smallest absolute Gasteiger partial charge is 0.310 e. The zero-order chi connectivity index (χ0) is 25.9. The van der Waals surface area contributed by atoms with Crippen LogP contribution >= 0.6 is 0 Å². The fraction of sp³-hybridized carbons (Fsp3) is 0.276. The largest absolute Gasteiger partial charge is 0.466 e. The summed E-state index contributed by atoms with van der Waals surface area (Å²) >= 11 is 0. The topological polar surface area (TPSA) is 84.0 Å². The molecule has 190 valence electrons. The van der Waals surface area contributed by atoms with E-state index in [0.29, 0.717) is 59.1 Å². The van der Waals surface area contributed by atoms with Crippen LogP contribution in [0.3, 0.4) is 0 Å². The monoisotopic (exact) mass is 516 g/mol. The van der Waals surface area contributed by atoms with Crippen molar-refractivity contribution in [2.45, 2.75) is 36.1 Å². The summed E-state index contributed by atoms with van der Waals surface area (Å²) in [5, 5.41) is 0. The van der Waals surface area contributed by atoms with Crippen molar-refractivity contribution in [2.75, 3.05) is 24.6 Å². The van der Waals surface area contributed by atoms with Crippen molar-refractivity contribution >= 4 is 34.3 Å². The van der Waals surface area contributed by atoms with Crippen LogP contribution in [-0.4, -0.2) is 46.6 Å². The molecule has 3 aromatic rings. The fourth-order valence-electron chi connectivity index (χ4n) is 4.92. The van der Waals surface area contributed by atoms with Crippen LogP contribution in [0.15, 0.2) is 82.6 Å². The van der Waals surface area contributed by atoms with E-state index in [1.807, 2.05) is 30.3 Å². The number of fused-ring (bicyclic) bond motifs is 2. The molecule has 0 spiro atoms. The van der Waals surface area contributed by atoms with E-state index in [2.05, 4.69) is 0 Å². The molecule has 7 nitrogen and oxygen atoms in total. The summed E-state index contributed by atoms with van der Waals surface area (Å²) in [6.07, 6.45) is 1.39. The lowest BCUT2D eigenvalue weighted by Crippen LogP contribution is -2.43. The van der Waals surface area contributed by atoms with Gasteiger partial charge in [-0.3, -0.25) is 14.4 Å². The molecule has 1 saturated heterocycles. The highest BCUT2D eigenvalue weighted by atomic mass is 32.2. The van der Waals surface area contributed by atoms with Crippen LogP contribution in [0.1, 0.15) is 46.0 Å². The molecular weight excluding hydrogens is 488 g/mol. The number of hydrogen-bond donors (Lipinski definition) is 0. The van der Waals surface area contributed by atoms with Gasteiger partial charge in [0.05, 0.1) is 50.9 Å². The number of amides is 2. The molecule has 37 heavy (non-hydrogen) atoms. The van der Waals surface area contributed by atoms with Gasteiger partial charge in [0.1, 0.15) is 0 Å². The molecule has 0 bridgehead atoms. The van der Waals surface area contributed by atoms with Gasteiger partial charge in [-0.25, -0.2) is 4.21 Å². The van der Waals surface area contributed by atoms with Gasteiger partial charge in [0.2, 0.25) is 0 Å². The van der Waals surface area contributed by atoms with Crippen molar-refractivity contribution < 1.29 is 23.3 Å². The van der Waals surface area contributed by atoms with Crippen molar-refractivity contribution in [3.8, 4) is 0 Å². The first-order chi connectivity index (χ1) is 18.0. The number of carbonyl (C=O) groups excluding carboxylic acids is 3. The molecule has 2 aliphatic rings. The first-order valence-corrected chi connectivity index (χ1v) is 13.6. The minimum atomic E-state index is -1.60. The second kappa shape index (κ2) is 10.7. The van der Waals surface area contributed by atoms with Gasteiger partial charge in [-0.1, -0.05) is 42.5 Å². The zero-order valence-electron chi connectivity index (χ0n) is 20.6. The van der Waals surface area contributed by atoms with Crippen molar-refractivity contribution in [1.82, 2.24) is 4.90 Å². The summed E-state index contributed by atoms with van der Waals surface area (Å²) in [5.74, 6) is -1.13. The third-order valence-electron chi connectivity index (χ3n) is 6.77. The van der Waals surface area contributed by atoms with E-state index in [1.54, 1.807) is 59.2 Å². The fourth-order valence-corrected chi connectivity index (χ4v) is 6.26. The Kier molecular flexibility index (Phi) is 7.19. The molecule has 8 heteroatoms. The number of nitrogens with zero attached hydrogens (tertiary/aromatic N) is 2. The average molecular weight is 517 g/mol. The molecule has 2 heterocycles. The van der Waals surface area contributed by atoms with E-state index in [9.17, 15) is 18.6 Å². The number of anilines is 1. The summed E-state index contributed by atoms with van der Waals surface area (Å²) in [7, 11) is -1.60. The molecule has 1 fully saturated rings. The molecule has 0 N–H and O–H groups in total. The highest BCUT2D eigenvalue weighted by molar-refractivity contribution is 7.85. The van der Waals surface area contributed by atoms with Crippen LogP contribution in [0.25, 0.3) is 0 Å². The Balaban J connectivity index is 1.53. The van der Waals surface area contributed by atoms with E-state index in [0.717, 1.165) is 5.56 Å². The maximum atomic E-state index is 13.8. The van der Waals surface area contributed by atoms with Crippen molar-refractivity contribution in [1.29, 1.82) is 0 Å². The molecule has 0 saturated carbocycles. The van der Waals surface area contributed by atoms with Crippen LogP contribution in [0, 0.1) is 5.92 Å². The molecule has 2 atom stereocenters. The number of carbonyl (C=O) groups is 3. The minimum Gasteiger partial charge on any atom is -0.466 e. The van der Waals surface area contributed by atoms with Crippen molar-refractivity contribution in [2.24, 2.45) is 5.92 Å². The van der Waals surface area contributed by atoms with E-state index in [4.69, 9.17) is 4.74 Å². The Morgan fingerprint density at radius 1 is 1.00 bits per heavy atom. The molecule has 2 aliphatic heterocycles. The Hall–Kier alpha value is -3.78. The molecule has 2 amide bonds. The Bertz CT molecular complexity index is 1370. The first kappa shape index (κ1) is 24.9. The van der Waals surface area contributed by atoms with Crippen LogP contribution in [0.5, 0.6) is 0 Å². The van der Waals surface area contributed by atoms with E-state index in [-0.39, 0.29) is 30.2 Å². The van der Waals surface area contributed by atoms with Crippen LogP contribution in [-0.2, 0) is 26.9 Å². The molecule has 0 radical (unpaired) electrons. The second-order valence-corrected chi connectivity index (χ2v) is 10.6. The molecule has 0 aromatic heterocycles. The quantitative estimate of drug-likeness (QED) is 0.469. The predicted molar refractivity (Wildman–Crippen MR) is 140 cm³/mol. The molecule has 0 unspecified atom stereocenters. The van der Waals surface area contributed by atoms with Gasteiger partial charge in [0, 0.05) is 18.7 Å². The van der Waals surface area contributed by atoms with Gasteiger partial charge in [-0.05, 0) is 55.7 Å². The molecule has 0 aliphatic carbocycles. The van der Waals surface area contributed by atoms with Gasteiger partial charge in [-0.2, -0.15) is 0 Å². The van der Waals surface area contributed by atoms with E-state index in [1.165, 1.54) is 0 Å². The van der Waals surface area contributed by atoms with Crippen molar-refractivity contribution in [3.05, 3.63) is 89.5 Å². The second-order valence-electron chi connectivity index (χ2n) is 9.17. The molecule has 5 rings (SSSR count). The van der Waals surface area contributed by atoms with Gasteiger partial charge < -0.3 is 14.5 Å². The molecular formula is C29H28N2O5S. The van der Waals surface area contributed by atoms with Gasteiger partial charge in [-0.15, -0.1) is 0 Å².